The van der Waals surface area contributed by atoms with Crippen LogP contribution in [0.4, 0.5) is 0 Å². The van der Waals surface area contributed by atoms with Crippen LogP contribution in [-0.2, 0) is 11.3 Å². The lowest BCUT2D eigenvalue weighted by Gasteiger charge is -2.18. The van der Waals surface area contributed by atoms with E-state index in [0.717, 1.165) is 27.5 Å². The van der Waals surface area contributed by atoms with Gasteiger partial charge in [-0.2, -0.15) is 0 Å². The fourth-order valence-electron chi connectivity index (χ4n) is 3.99. The molecule has 2 aliphatic rings. The minimum Gasteiger partial charge on any atom is -0.493 e. The van der Waals surface area contributed by atoms with Crippen LogP contribution in [0.3, 0.4) is 0 Å². The molecule has 3 aromatic rings. The fraction of sp³-hybridized carbons (Fsp3) is 0.227. The summed E-state index contributed by atoms with van der Waals surface area (Å²) in [6, 6.07) is 9.38. The molecule has 29 heavy (non-hydrogen) atoms. The number of methoxy groups -OCH3 is 3. The van der Waals surface area contributed by atoms with Gasteiger partial charge in [0.1, 0.15) is 6.61 Å². The number of rotatable bonds is 4. The van der Waals surface area contributed by atoms with Crippen molar-refractivity contribution in [3.8, 4) is 39.9 Å². The highest BCUT2D eigenvalue weighted by atomic mass is 16.7. The summed E-state index contributed by atoms with van der Waals surface area (Å²) >= 11 is 0. The lowest BCUT2D eigenvalue weighted by molar-refractivity contribution is 0.0535. The van der Waals surface area contributed by atoms with Crippen molar-refractivity contribution in [1.29, 1.82) is 0 Å². The zero-order valence-electron chi connectivity index (χ0n) is 16.2. The summed E-state index contributed by atoms with van der Waals surface area (Å²) in [7, 11) is 4.68. The maximum Gasteiger partial charge on any atom is 0.338 e. The van der Waals surface area contributed by atoms with Gasteiger partial charge in [-0.1, -0.05) is 6.07 Å². The molecule has 0 aliphatic carbocycles. The van der Waals surface area contributed by atoms with Crippen molar-refractivity contribution in [2.24, 2.45) is 0 Å². The molecule has 5 rings (SSSR count). The summed E-state index contributed by atoms with van der Waals surface area (Å²) in [4.78, 5) is 12.4. The lowest BCUT2D eigenvalue weighted by Crippen LogP contribution is -2.00. The number of carbonyl (C=O) groups excluding carboxylic acids is 1. The van der Waals surface area contributed by atoms with Gasteiger partial charge in [0.15, 0.2) is 23.0 Å². The van der Waals surface area contributed by atoms with Crippen molar-refractivity contribution in [2.75, 3.05) is 28.1 Å². The Morgan fingerprint density at radius 3 is 2.38 bits per heavy atom. The minimum absolute atomic E-state index is 0.187. The molecule has 0 amide bonds. The molecule has 0 saturated carbocycles. The Bertz CT molecular complexity index is 1170. The van der Waals surface area contributed by atoms with Gasteiger partial charge in [0.25, 0.3) is 0 Å². The van der Waals surface area contributed by atoms with E-state index in [9.17, 15) is 4.79 Å². The predicted octanol–water partition coefficient (Wildman–Crippen LogP) is 3.93. The van der Waals surface area contributed by atoms with Gasteiger partial charge in [0.2, 0.25) is 12.5 Å². The van der Waals surface area contributed by atoms with Crippen molar-refractivity contribution in [1.82, 2.24) is 0 Å². The summed E-state index contributed by atoms with van der Waals surface area (Å²) < 4.78 is 33.0. The van der Waals surface area contributed by atoms with Crippen LogP contribution >= 0.6 is 0 Å². The molecule has 148 valence electrons. The zero-order valence-corrected chi connectivity index (χ0v) is 16.2. The lowest BCUT2D eigenvalue weighted by atomic mass is 9.90. The molecule has 0 bridgehead atoms. The average Bonchev–Trinajstić information content (AvgIpc) is 3.36. The van der Waals surface area contributed by atoms with E-state index in [4.69, 9.17) is 28.4 Å². The number of carbonyl (C=O) groups is 1. The van der Waals surface area contributed by atoms with Gasteiger partial charge in [-0.05, 0) is 40.8 Å². The Balaban J connectivity index is 1.90. The van der Waals surface area contributed by atoms with Gasteiger partial charge >= 0.3 is 5.97 Å². The second-order valence-electron chi connectivity index (χ2n) is 6.66. The van der Waals surface area contributed by atoms with Crippen LogP contribution in [0.5, 0.6) is 28.7 Å². The number of cyclic esters (lactones) is 1. The molecule has 7 nitrogen and oxygen atoms in total. The van der Waals surface area contributed by atoms with Crippen molar-refractivity contribution < 1.29 is 33.2 Å². The first-order valence-electron chi connectivity index (χ1n) is 9.02. The molecule has 2 aliphatic heterocycles. The van der Waals surface area contributed by atoms with Crippen LogP contribution in [-0.4, -0.2) is 34.1 Å². The third kappa shape index (κ3) is 2.47. The second kappa shape index (κ2) is 6.48. The molecule has 0 aromatic heterocycles. The number of fused-ring (bicyclic) bond motifs is 3. The van der Waals surface area contributed by atoms with E-state index in [2.05, 4.69) is 0 Å². The van der Waals surface area contributed by atoms with Crippen LogP contribution in [0.1, 0.15) is 15.9 Å². The molecule has 0 radical (unpaired) electrons. The summed E-state index contributed by atoms with van der Waals surface area (Å²) in [6.45, 7) is 0.386. The van der Waals surface area contributed by atoms with Crippen LogP contribution in [0.2, 0.25) is 0 Å². The van der Waals surface area contributed by atoms with Crippen molar-refractivity contribution in [2.45, 2.75) is 6.61 Å². The van der Waals surface area contributed by atoms with Gasteiger partial charge < -0.3 is 28.4 Å². The van der Waals surface area contributed by atoms with E-state index in [0.29, 0.717) is 34.3 Å². The van der Waals surface area contributed by atoms with E-state index >= 15 is 0 Å². The second-order valence-corrected chi connectivity index (χ2v) is 6.66. The molecular weight excluding hydrogens is 376 g/mol. The van der Waals surface area contributed by atoms with Crippen LogP contribution in [0, 0.1) is 0 Å². The van der Waals surface area contributed by atoms with E-state index in [-0.39, 0.29) is 19.4 Å². The third-order valence-corrected chi connectivity index (χ3v) is 5.28. The zero-order chi connectivity index (χ0) is 20.1. The van der Waals surface area contributed by atoms with E-state index < -0.39 is 0 Å². The van der Waals surface area contributed by atoms with Gasteiger partial charge in [0.05, 0.1) is 26.9 Å². The molecule has 3 aromatic carbocycles. The molecule has 0 saturated heterocycles. The first-order valence-corrected chi connectivity index (χ1v) is 9.02. The summed E-state index contributed by atoms with van der Waals surface area (Å²) in [5.41, 5.74) is 3.07. The van der Waals surface area contributed by atoms with Gasteiger partial charge in [-0.25, -0.2) is 4.79 Å². The molecule has 0 atom stereocenters. The first kappa shape index (κ1) is 17.5. The standard InChI is InChI=1S/C22H18O7/c1-24-18-8-12-13(20(25-2)21(18)26-3)7-14-15(9-27-22(14)23)19(12)11-4-5-16-17(6-11)29-10-28-16/h4-8H,9-10H2,1-3H3. The summed E-state index contributed by atoms with van der Waals surface area (Å²) in [5.74, 6) is 2.47. The number of ether oxygens (including phenoxy) is 6. The maximum atomic E-state index is 12.4. The Hall–Kier alpha value is -3.61. The number of hydrogen-bond donors (Lipinski definition) is 0. The first-order chi connectivity index (χ1) is 14.2. The monoisotopic (exact) mass is 394 g/mol. The number of benzene rings is 3. The highest BCUT2D eigenvalue weighted by Crippen LogP contribution is 2.49. The van der Waals surface area contributed by atoms with E-state index in [1.54, 1.807) is 27.4 Å². The van der Waals surface area contributed by atoms with Gasteiger partial charge in [0, 0.05) is 10.9 Å². The molecule has 0 fully saturated rings. The van der Waals surface area contributed by atoms with Crippen molar-refractivity contribution in [3.63, 3.8) is 0 Å². The Labute approximate surface area is 166 Å². The highest BCUT2D eigenvalue weighted by Gasteiger charge is 2.30. The van der Waals surface area contributed by atoms with E-state index in [1.165, 1.54) is 0 Å². The van der Waals surface area contributed by atoms with Crippen LogP contribution in [0.25, 0.3) is 21.9 Å². The largest absolute Gasteiger partial charge is 0.493 e. The highest BCUT2D eigenvalue weighted by molar-refractivity contribution is 6.10. The molecule has 2 heterocycles. The molecular formula is C22H18O7. The Kier molecular flexibility index (Phi) is 3.91. The topological polar surface area (TPSA) is 72.5 Å². The molecule has 0 unspecified atom stereocenters. The average molecular weight is 394 g/mol. The maximum absolute atomic E-state index is 12.4. The van der Waals surface area contributed by atoms with Gasteiger partial charge in [-0.15, -0.1) is 0 Å². The number of esters is 1. The third-order valence-electron chi connectivity index (χ3n) is 5.28. The van der Waals surface area contributed by atoms with Crippen molar-refractivity contribution in [3.05, 3.63) is 41.5 Å². The Morgan fingerprint density at radius 2 is 1.62 bits per heavy atom. The van der Waals surface area contributed by atoms with Gasteiger partial charge in [-0.3, -0.25) is 0 Å². The van der Waals surface area contributed by atoms with Crippen LogP contribution < -0.4 is 23.7 Å². The normalized spacial score (nSPS) is 14.0. The fourth-order valence-corrected chi connectivity index (χ4v) is 3.99. The SMILES string of the molecule is COc1cc2c(-c3ccc4c(c3)OCO4)c3c(cc2c(OC)c1OC)C(=O)OC3. The summed E-state index contributed by atoms with van der Waals surface area (Å²) in [5, 5.41) is 1.59. The Morgan fingerprint density at radius 1 is 0.828 bits per heavy atom. The smallest absolute Gasteiger partial charge is 0.338 e. The van der Waals surface area contributed by atoms with Crippen molar-refractivity contribution >= 4 is 16.7 Å². The quantitative estimate of drug-likeness (QED) is 0.621. The minimum atomic E-state index is -0.360. The van der Waals surface area contributed by atoms with E-state index in [1.807, 2.05) is 24.3 Å². The van der Waals surface area contributed by atoms with Crippen LogP contribution in [0.15, 0.2) is 30.3 Å². The molecule has 0 N–H and O–H groups in total. The number of hydrogen-bond acceptors (Lipinski definition) is 7. The summed E-state index contributed by atoms with van der Waals surface area (Å²) in [6.07, 6.45) is 0. The molecule has 0 spiro atoms. The molecule has 7 heteroatoms. The predicted molar refractivity (Wildman–Crippen MR) is 104 cm³/mol.